The quantitative estimate of drug-likeness (QED) is 0.309. The number of aryl methyl sites for hydroxylation is 1. The lowest BCUT2D eigenvalue weighted by Gasteiger charge is -2.19. The molecule has 0 bridgehead atoms. The molecule has 0 amide bonds. The second-order valence-electron chi connectivity index (χ2n) is 7.94. The van der Waals surface area contributed by atoms with E-state index in [9.17, 15) is 12.8 Å². The van der Waals surface area contributed by atoms with Crippen molar-refractivity contribution in [2.24, 2.45) is 9.98 Å². The summed E-state index contributed by atoms with van der Waals surface area (Å²) in [5, 5.41) is 7.33. The number of nitrogens with zero attached hydrogens (tertiary/aromatic N) is 6. The average molecular weight is 530 g/mol. The van der Waals surface area contributed by atoms with Crippen molar-refractivity contribution in [1.29, 1.82) is 0 Å². The summed E-state index contributed by atoms with van der Waals surface area (Å²) in [6.07, 6.45) is 0.823. The summed E-state index contributed by atoms with van der Waals surface area (Å²) >= 11 is 0. The Balaban J connectivity index is 2.14. The summed E-state index contributed by atoms with van der Waals surface area (Å²) in [5.41, 5.74) is 1.56. The fourth-order valence-electron chi connectivity index (χ4n) is 3.36. The fourth-order valence-corrected chi connectivity index (χ4v) is 4.32. The molecule has 0 spiro atoms. The Morgan fingerprint density at radius 2 is 1.84 bits per heavy atom. The number of nitrogens with one attached hydrogen (secondary N) is 1. The van der Waals surface area contributed by atoms with E-state index in [0.29, 0.717) is 22.9 Å². The molecule has 0 fully saturated rings. The highest BCUT2D eigenvalue weighted by molar-refractivity contribution is 7.93. The van der Waals surface area contributed by atoms with Crippen molar-refractivity contribution < 1.29 is 22.3 Å². The summed E-state index contributed by atoms with van der Waals surface area (Å²) in [4.78, 5) is 12.1. The van der Waals surface area contributed by atoms with Crippen molar-refractivity contribution in [1.82, 2.24) is 19.7 Å². The molecule has 13 heteroatoms. The van der Waals surface area contributed by atoms with E-state index >= 15 is 0 Å². The smallest absolute Gasteiger partial charge is 0.243 e. The normalized spacial score (nSPS) is 13.2. The van der Waals surface area contributed by atoms with Gasteiger partial charge >= 0.3 is 0 Å². The molecule has 0 aliphatic carbocycles. The topological polar surface area (TPSA) is 133 Å². The molecule has 1 aromatic carbocycles. The lowest BCUT2D eigenvalue weighted by molar-refractivity contribution is 0.391. The van der Waals surface area contributed by atoms with Gasteiger partial charge < -0.3 is 9.47 Å². The van der Waals surface area contributed by atoms with Crippen molar-refractivity contribution in [3.8, 4) is 28.7 Å². The number of sulfonamides is 1. The Morgan fingerprint density at radius 3 is 2.41 bits per heavy atom. The predicted molar refractivity (Wildman–Crippen MR) is 141 cm³/mol. The minimum atomic E-state index is -4.06. The van der Waals surface area contributed by atoms with E-state index in [0.717, 1.165) is 11.9 Å². The number of aromatic nitrogens is 4. The molecule has 0 saturated heterocycles. The Labute approximate surface area is 214 Å². The number of allylic oxidation sites excluding steroid dienone is 1. The van der Waals surface area contributed by atoms with Gasteiger partial charge in [0.1, 0.15) is 34.5 Å². The van der Waals surface area contributed by atoms with Gasteiger partial charge in [-0.05, 0) is 51.8 Å². The lowest BCUT2D eigenvalue weighted by Crippen LogP contribution is -2.28. The van der Waals surface area contributed by atoms with E-state index in [1.165, 1.54) is 32.6 Å². The van der Waals surface area contributed by atoms with Gasteiger partial charge in [-0.15, -0.1) is 10.2 Å². The van der Waals surface area contributed by atoms with Gasteiger partial charge in [-0.2, -0.15) is 0 Å². The van der Waals surface area contributed by atoms with Gasteiger partial charge in [-0.1, -0.05) is 12.1 Å². The molecule has 3 rings (SSSR count). The highest BCUT2D eigenvalue weighted by Gasteiger charge is 2.29. The van der Waals surface area contributed by atoms with Crippen LogP contribution in [0.5, 0.6) is 11.5 Å². The zero-order valence-electron chi connectivity index (χ0n) is 21.1. The van der Waals surface area contributed by atoms with Crippen LogP contribution < -0.4 is 14.2 Å². The largest absolute Gasteiger partial charge is 0.494 e. The number of pyridine rings is 1. The molecule has 1 atom stereocenters. The van der Waals surface area contributed by atoms with Gasteiger partial charge in [0, 0.05) is 12.1 Å². The number of methoxy groups -OCH3 is 2. The third-order valence-corrected chi connectivity index (χ3v) is 6.91. The van der Waals surface area contributed by atoms with Crippen molar-refractivity contribution in [3.63, 3.8) is 0 Å². The van der Waals surface area contributed by atoms with Gasteiger partial charge in [0.2, 0.25) is 16.0 Å². The number of amidine groups is 1. The molecule has 0 unspecified atom stereocenters. The maximum absolute atomic E-state index is 13.3. The molecule has 2 aromatic heterocycles. The number of hydrogen-bond acceptors (Lipinski definition) is 8. The number of aliphatic imine (C=N–C) groups is 2. The molecule has 1 N–H and O–H groups in total. The first-order chi connectivity index (χ1) is 17.6. The maximum Gasteiger partial charge on any atom is 0.243 e. The Kier molecular flexibility index (Phi) is 8.71. The molecule has 11 nitrogen and oxygen atoms in total. The molecule has 3 aromatic rings. The van der Waals surface area contributed by atoms with Crippen LogP contribution in [0.15, 0.2) is 58.4 Å². The minimum absolute atomic E-state index is 0.0624. The number of para-hydroxylation sites is 1. The van der Waals surface area contributed by atoms with E-state index in [4.69, 9.17) is 9.47 Å². The number of rotatable bonds is 10. The monoisotopic (exact) mass is 529 g/mol. The number of anilines is 1. The van der Waals surface area contributed by atoms with E-state index in [2.05, 4.69) is 36.6 Å². The van der Waals surface area contributed by atoms with Crippen molar-refractivity contribution in [3.05, 3.63) is 54.1 Å². The maximum atomic E-state index is 13.3. The highest BCUT2D eigenvalue weighted by Crippen LogP contribution is 2.37. The minimum Gasteiger partial charge on any atom is -0.494 e. The first kappa shape index (κ1) is 27.5. The number of ether oxygens (including phenoxy) is 2. The number of benzene rings is 1. The van der Waals surface area contributed by atoms with Gasteiger partial charge in [-0.3, -0.25) is 9.29 Å². The number of hydrogen-bond donors (Lipinski definition) is 1. The summed E-state index contributed by atoms with van der Waals surface area (Å²) in [7, 11) is -1.10. The third-order valence-electron chi connectivity index (χ3n) is 5.21. The Bertz CT molecular complexity index is 1420. The number of halogens is 1. The first-order valence-electron chi connectivity index (χ1n) is 11.1. The van der Waals surface area contributed by atoms with Crippen LogP contribution in [-0.2, 0) is 10.0 Å². The van der Waals surface area contributed by atoms with E-state index in [1.807, 2.05) is 13.0 Å². The Morgan fingerprint density at radius 1 is 1.19 bits per heavy atom. The third kappa shape index (κ3) is 6.36. The van der Waals surface area contributed by atoms with Crippen LogP contribution >= 0.6 is 0 Å². The van der Waals surface area contributed by atoms with E-state index in [-0.39, 0.29) is 24.0 Å². The summed E-state index contributed by atoms with van der Waals surface area (Å²) < 4.78 is 54.8. The van der Waals surface area contributed by atoms with Gasteiger partial charge in [-0.25, -0.2) is 27.8 Å². The van der Waals surface area contributed by atoms with Gasteiger partial charge in [0.15, 0.2) is 5.82 Å². The molecule has 0 saturated carbocycles. The molecule has 0 radical (unpaired) electrons. The lowest BCUT2D eigenvalue weighted by atomic mass is 10.2. The van der Waals surface area contributed by atoms with Gasteiger partial charge in [0.25, 0.3) is 0 Å². The standard InChI is InChI=1S/C24H28FN7O4S/c1-15(25)14-27-21(26-4)13-17(3)37(33,34)31-24-30-29-23(18-10-7-9-16(2)28-18)32(24)22-19(35-5)11-8-12-20(22)36-6/h7-12,14,17H,4,13H2,1-3,5-6H3,(H,30,31)/b15-14+,27-21?/t17-/m0/s1. The second kappa shape index (κ2) is 11.7. The van der Waals surface area contributed by atoms with Crippen LogP contribution in [0.3, 0.4) is 0 Å². The predicted octanol–water partition coefficient (Wildman–Crippen LogP) is 4.11. The summed E-state index contributed by atoms with van der Waals surface area (Å²) in [5.74, 6) is 0.437. The van der Waals surface area contributed by atoms with E-state index < -0.39 is 21.1 Å². The average Bonchev–Trinajstić information content (AvgIpc) is 3.27. The summed E-state index contributed by atoms with van der Waals surface area (Å²) in [6.45, 7) is 7.88. The summed E-state index contributed by atoms with van der Waals surface area (Å²) in [6, 6.07) is 10.5. The molecule has 196 valence electrons. The van der Waals surface area contributed by atoms with Crippen molar-refractivity contribution >= 4 is 28.5 Å². The SMILES string of the molecule is C=NC(C[C@H](C)S(=O)(=O)Nc1nnc(-c2cccc(C)n2)n1-c1c(OC)cccc1OC)=N/C=C(\C)F. The fraction of sp³-hybridized carbons (Fsp3) is 0.292. The Hall–Kier alpha value is -4.13. The molecular formula is C24H28FN7O4S. The van der Waals surface area contributed by atoms with Crippen LogP contribution in [0.25, 0.3) is 17.2 Å². The zero-order chi connectivity index (χ0) is 27.2. The zero-order valence-corrected chi connectivity index (χ0v) is 22.0. The first-order valence-corrected chi connectivity index (χ1v) is 12.6. The highest BCUT2D eigenvalue weighted by atomic mass is 32.2. The van der Waals surface area contributed by atoms with Gasteiger partial charge in [0.05, 0.1) is 25.7 Å². The van der Waals surface area contributed by atoms with Crippen LogP contribution in [0.2, 0.25) is 0 Å². The van der Waals surface area contributed by atoms with Crippen LogP contribution in [0, 0.1) is 6.92 Å². The second-order valence-corrected chi connectivity index (χ2v) is 10.0. The van der Waals surface area contributed by atoms with E-state index in [1.54, 1.807) is 30.3 Å². The molecular weight excluding hydrogens is 501 g/mol. The van der Waals surface area contributed by atoms with Crippen molar-refractivity contribution in [2.45, 2.75) is 32.4 Å². The van der Waals surface area contributed by atoms with Crippen LogP contribution in [-0.4, -0.2) is 60.2 Å². The molecule has 0 aliphatic heterocycles. The molecule has 2 heterocycles. The van der Waals surface area contributed by atoms with Crippen LogP contribution in [0.4, 0.5) is 10.3 Å². The van der Waals surface area contributed by atoms with Crippen molar-refractivity contribution in [2.75, 3.05) is 18.9 Å². The molecule has 37 heavy (non-hydrogen) atoms. The van der Waals surface area contributed by atoms with Crippen LogP contribution in [0.1, 0.15) is 26.0 Å². The molecule has 0 aliphatic rings.